The number of anilines is 1. The number of hydrogen-bond acceptors (Lipinski definition) is 4. The first kappa shape index (κ1) is 13.6. The molecule has 18 heavy (non-hydrogen) atoms. The second kappa shape index (κ2) is 5.44. The van der Waals surface area contributed by atoms with E-state index in [9.17, 15) is 0 Å². The molecule has 0 aliphatic carbocycles. The summed E-state index contributed by atoms with van der Waals surface area (Å²) >= 11 is 3.76. The first-order valence-corrected chi connectivity index (χ1v) is 7.41. The Labute approximate surface area is 125 Å². The smallest absolute Gasteiger partial charge is 0.192 e. The molecule has 94 valence electrons. The second-order valence-corrected chi connectivity index (χ2v) is 6.34. The molecule has 1 aromatic carbocycles. The number of halogens is 1. The van der Waals surface area contributed by atoms with Crippen molar-refractivity contribution in [2.45, 2.75) is 30.8 Å². The third kappa shape index (κ3) is 2.95. The minimum Gasteiger partial charge on any atom is -0.398 e. The fourth-order valence-corrected chi connectivity index (χ4v) is 2.89. The highest BCUT2D eigenvalue weighted by Gasteiger charge is 2.08. The van der Waals surface area contributed by atoms with Crippen LogP contribution in [0.2, 0.25) is 0 Å². The SMILES string of the molecule is Cc1nc(Sc2ccc(I)cc2N)nc(C)c1C. The highest BCUT2D eigenvalue weighted by Crippen LogP contribution is 2.31. The van der Waals surface area contributed by atoms with Crippen LogP contribution in [-0.4, -0.2) is 9.97 Å². The fraction of sp³-hybridized carbons (Fsp3) is 0.231. The first-order chi connectivity index (χ1) is 8.47. The molecule has 2 rings (SSSR count). The number of hydrogen-bond donors (Lipinski definition) is 1. The van der Waals surface area contributed by atoms with Crippen LogP contribution >= 0.6 is 34.4 Å². The van der Waals surface area contributed by atoms with Crippen LogP contribution in [-0.2, 0) is 0 Å². The summed E-state index contributed by atoms with van der Waals surface area (Å²) < 4.78 is 1.13. The minimum absolute atomic E-state index is 0.753. The maximum Gasteiger partial charge on any atom is 0.192 e. The third-order valence-electron chi connectivity index (χ3n) is 2.79. The van der Waals surface area contributed by atoms with Crippen LogP contribution in [0, 0.1) is 24.3 Å². The van der Waals surface area contributed by atoms with Crippen molar-refractivity contribution >= 4 is 40.0 Å². The summed E-state index contributed by atoms with van der Waals surface area (Å²) in [5, 5.41) is 0.753. The molecule has 0 atom stereocenters. The van der Waals surface area contributed by atoms with E-state index < -0.39 is 0 Å². The quantitative estimate of drug-likeness (QED) is 0.497. The third-order valence-corrected chi connectivity index (χ3v) is 4.41. The van der Waals surface area contributed by atoms with Gasteiger partial charge in [0.2, 0.25) is 0 Å². The molecule has 0 saturated carbocycles. The lowest BCUT2D eigenvalue weighted by Crippen LogP contribution is -1.98. The molecule has 1 aromatic heterocycles. The van der Waals surface area contributed by atoms with Gasteiger partial charge in [0.1, 0.15) is 0 Å². The van der Waals surface area contributed by atoms with E-state index in [1.165, 1.54) is 11.8 Å². The van der Waals surface area contributed by atoms with Crippen molar-refractivity contribution in [3.05, 3.63) is 38.7 Å². The number of nitrogens with zero attached hydrogens (tertiary/aromatic N) is 2. The van der Waals surface area contributed by atoms with E-state index in [0.717, 1.165) is 36.3 Å². The summed E-state index contributed by atoms with van der Waals surface area (Å²) in [5.74, 6) is 0. The lowest BCUT2D eigenvalue weighted by atomic mass is 10.2. The number of nitrogens with two attached hydrogens (primary N) is 1. The molecule has 2 aromatic rings. The Morgan fingerprint density at radius 2 is 1.72 bits per heavy atom. The molecule has 0 spiro atoms. The van der Waals surface area contributed by atoms with Crippen molar-refractivity contribution in [3.63, 3.8) is 0 Å². The van der Waals surface area contributed by atoms with E-state index in [0.29, 0.717) is 0 Å². The van der Waals surface area contributed by atoms with Gasteiger partial charge in [0, 0.05) is 25.5 Å². The van der Waals surface area contributed by atoms with E-state index in [1.807, 2.05) is 39.0 Å². The standard InChI is InChI=1S/C13H14IN3S/c1-7-8(2)16-13(17-9(7)3)18-12-5-4-10(14)6-11(12)15/h4-6H,15H2,1-3H3. The van der Waals surface area contributed by atoms with Crippen LogP contribution in [0.3, 0.4) is 0 Å². The number of rotatable bonds is 2. The largest absolute Gasteiger partial charge is 0.398 e. The minimum atomic E-state index is 0.753. The molecule has 5 heteroatoms. The summed E-state index contributed by atoms with van der Waals surface area (Å²) in [6, 6.07) is 6.00. The van der Waals surface area contributed by atoms with Gasteiger partial charge in [-0.1, -0.05) is 0 Å². The van der Waals surface area contributed by atoms with Crippen molar-refractivity contribution < 1.29 is 0 Å². The van der Waals surface area contributed by atoms with Crippen molar-refractivity contribution in [2.24, 2.45) is 0 Å². The van der Waals surface area contributed by atoms with Crippen LogP contribution in [0.25, 0.3) is 0 Å². The van der Waals surface area contributed by atoms with Crippen LogP contribution in [0.15, 0.2) is 28.3 Å². The molecule has 3 nitrogen and oxygen atoms in total. The topological polar surface area (TPSA) is 51.8 Å². The summed E-state index contributed by atoms with van der Waals surface area (Å²) in [7, 11) is 0. The fourth-order valence-electron chi connectivity index (χ4n) is 1.50. The lowest BCUT2D eigenvalue weighted by Gasteiger charge is -2.08. The number of aryl methyl sites for hydroxylation is 2. The monoisotopic (exact) mass is 371 g/mol. The molecule has 0 aliphatic rings. The molecule has 2 N–H and O–H groups in total. The van der Waals surface area contributed by atoms with Gasteiger partial charge in [0.15, 0.2) is 5.16 Å². The van der Waals surface area contributed by atoms with Gasteiger partial charge in [0.05, 0.1) is 0 Å². The van der Waals surface area contributed by atoms with Gasteiger partial charge < -0.3 is 5.73 Å². The van der Waals surface area contributed by atoms with E-state index in [2.05, 4.69) is 32.6 Å². The van der Waals surface area contributed by atoms with Gasteiger partial charge in [-0.3, -0.25) is 0 Å². The van der Waals surface area contributed by atoms with Gasteiger partial charge in [-0.25, -0.2) is 9.97 Å². The van der Waals surface area contributed by atoms with Crippen LogP contribution in [0.4, 0.5) is 5.69 Å². The molecule has 0 fully saturated rings. The van der Waals surface area contributed by atoms with Crippen molar-refractivity contribution in [3.8, 4) is 0 Å². The molecular formula is C13H14IN3S. The molecule has 1 heterocycles. The Bertz CT molecular complexity index is 576. The number of nitrogen functional groups attached to an aromatic ring is 1. The zero-order valence-electron chi connectivity index (χ0n) is 10.5. The normalized spacial score (nSPS) is 10.7. The van der Waals surface area contributed by atoms with Crippen molar-refractivity contribution in [1.29, 1.82) is 0 Å². The average Bonchev–Trinajstić information content (AvgIpc) is 2.29. The Kier molecular flexibility index (Phi) is 4.11. The number of benzene rings is 1. The predicted octanol–water partition coefficient (Wildman–Crippen LogP) is 3.74. The van der Waals surface area contributed by atoms with E-state index in [4.69, 9.17) is 5.73 Å². The predicted molar refractivity (Wildman–Crippen MR) is 83.9 cm³/mol. The highest BCUT2D eigenvalue weighted by atomic mass is 127. The van der Waals surface area contributed by atoms with Crippen LogP contribution in [0.1, 0.15) is 17.0 Å². The summed E-state index contributed by atoms with van der Waals surface area (Å²) in [6.45, 7) is 6.05. The molecule has 0 bridgehead atoms. The lowest BCUT2D eigenvalue weighted by molar-refractivity contribution is 0.881. The van der Waals surface area contributed by atoms with E-state index >= 15 is 0 Å². The van der Waals surface area contributed by atoms with E-state index in [-0.39, 0.29) is 0 Å². The molecule has 0 unspecified atom stereocenters. The zero-order chi connectivity index (χ0) is 13.3. The van der Waals surface area contributed by atoms with Gasteiger partial charge in [-0.15, -0.1) is 0 Å². The highest BCUT2D eigenvalue weighted by molar-refractivity contribution is 14.1. The zero-order valence-corrected chi connectivity index (χ0v) is 13.5. The maximum absolute atomic E-state index is 5.99. The molecule has 0 amide bonds. The van der Waals surface area contributed by atoms with Gasteiger partial charge in [-0.05, 0) is 78.9 Å². The Balaban J connectivity index is 2.34. The second-order valence-electron chi connectivity index (χ2n) is 4.09. The summed E-state index contributed by atoms with van der Waals surface area (Å²) in [4.78, 5) is 9.97. The number of aromatic nitrogens is 2. The maximum atomic E-state index is 5.99. The van der Waals surface area contributed by atoms with Crippen LogP contribution < -0.4 is 5.73 Å². The Hall–Kier alpha value is -0.820. The van der Waals surface area contributed by atoms with Gasteiger partial charge in [-0.2, -0.15) is 0 Å². The molecule has 0 radical (unpaired) electrons. The Morgan fingerprint density at radius 3 is 2.28 bits per heavy atom. The van der Waals surface area contributed by atoms with Gasteiger partial charge in [0.25, 0.3) is 0 Å². The summed E-state index contributed by atoms with van der Waals surface area (Å²) in [5.41, 5.74) is 9.96. The molecule has 0 saturated heterocycles. The van der Waals surface area contributed by atoms with Crippen LogP contribution in [0.5, 0.6) is 0 Å². The average molecular weight is 371 g/mol. The molecule has 0 aliphatic heterocycles. The summed E-state index contributed by atoms with van der Waals surface area (Å²) in [6.07, 6.45) is 0. The van der Waals surface area contributed by atoms with Gasteiger partial charge >= 0.3 is 0 Å². The van der Waals surface area contributed by atoms with E-state index in [1.54, 1.807) is 0 Å². The first-order valence-electron chi connectivity index (χ1n) is 5.52. The Morgan fingerprint density at radius 1 is 1.11 bits per heavy atom. The van der Waals surface area contributed by atoms with Crippen molar-refractivity contribution in [2.75, 3.05) is 5.73 Å². The van der Waals surface area contributed by atoms with Crippen molar-refractivity contribution in [1.82, 2.24) is 9.97 Å². The molecular weight excluding hydrogens is 357 g/mol.